The van der Waals surface area contributed by atoms with Crippen molar-refractivity contribution in [1.29, 1.82) is 0 Å². The summed E-state index contributed by atoms with van der Waals surface area (Å²) in [5.41, 5.74) is -2.33. The number of cyclic esters (lactones) is 1. The maximum absolute atomic E-state index is 13.9. The standard InChI is InChI=1S/C31H53NO10/c1-12-22-31(8)26(41-29(36)42-31)20(6)23(33)18(4)15-30(7,37-11)25(16(2)13-17(3)27(35)39-22)40-28-24(34)21(32(9)10)14-19(5)38-28/h16-22,24-26,28,34H,12-15H2,1-11H3/t16-,17+,18+,19+,20-,21-,22+,24+,25+,26+,28-,30+,31+/m0/s1. The molecule has 0 radical (unpaired) electrons. The predicted molar refractivity (Wildman–Crippen MR) is 154 cm³/mol. The van der Waals surface area contributed by atoms with Gasteiger partial charge in [0.2, 0.25) is 0 Å². The molecule has 0 aromatic heterocycles. The highest BCUT2D eigenvalue weighted by atomic mass is 16.8. The molecule has 0 amide bonds. The SMILES string of the molecule is CC[C@H]1OC(=O)[C@H](C)C[C@H](C)[C@@H](O[C@@H]2O[C@H](C)C[C@H](N(C)C)[C@H]2O)[C@](C)(OC)C[C@@H](C)C(=O)[C@H](C)[C@H]2OC(=O)O[C@@]21C. The summed E-state index contributed by atoms with van der Waals surface area (Å²) in [4.78, 5) is 41.7. The summed E-state index contributed by atoms with van der Waals surface area (Å²) in [7, 11) is 5.40. The van der Waals surface area contributed by atoms with Crippen molar-refractivity contribution in [2.75, 3.05) is 21.2 Å². The number of esters is 1. The first-order valence-electron chi connectivity index (χ1n) is 15.3. The number of Topliss-reactive ketones (excluding diaryl/α,β-unsaturated/α-hetero) is 1. The minimum Gasteiger partial charge on any atom is -0.458 e. The van der Waals surface area contributed by atoms with Crippen molar-refractivity contribution in [2.45, 2.75) is 135 Å². The van der Waals surface area contributed by atoms with E-state index in [0.717, 1.165) is 0 Å². The topological polar surface area (TPSA) is 130 Å². The van der Waals surface area contributed by atoms with Crippen LogP contribution in [-0.4, -0.2) is 103 Å². The van der Waals surface area contributed by atoms with Crippen molar-refractivity contribution in [3.8, 4) is 0 Å². The van der Waals surface area contributed by atoms with Gasteiger partial charge in [-0.1, -0.05) is 34.6 Å². The summed E-state index contributed by atoms with van der Waals surface area (Å²) in [6.45, 7) is 14.6. The molecule has 3 fully saturated rings. The molecule has 42 heavy (non-hydrogen) atoms. The quantitative estimate of drug-likeness (QED) is 0.464. The summed E-state index contributed by atoms with van der Waals surface area (Å²) in [5.74, 6) is -2.64. The maximum Gasteiger partial charge on any atom is 0.509 e. The van der Waals surface area contributed by atoms with Crippen LogP contribution < -0.4 is 0 Å². The number of likely N-dealkylation sites (N-methyl/N-ethyl adjacent to an activating group) is 1. The lowest BCUT2D eigenvalue weighted by Gasteiger charge is -2.47. The molecular weight excluding hydrogens is 546 g/mol. The summed E-state index contributed by atoms with van der Waals surface area (Å²) >= 11 is 0. The number of ether oxygens (including phenoxy) is 6. The lowest BCUT2D eigenvalue weighted by molar-refractivity contribution is -0.297. The van der Waals surface area contributed by atoms with Crippen molar-refractivity contribution < 1.29 is 47.9 Å². The van der Waals surface area contributed by atoms with Crippen LogP contribution in [-0.2, 0) is 38.0 Å². The fourth-order valence-corrected chi connectivity index (χ4v) is 7.27. The molecule has 0 aromatic carbocycles. The van der Waals surface area contributed by atoms with Crippen LogP contribution in [0.2, 0.25) is 0 Å². The Balaban J connectivity index is 2.03. The van der Waals surface area contributed by atoms with Crippen LogP contribution in [0.15, 0.2) is 0 Å². The van der Waals surface area contributed by atoms with Gasteiger partial charge in [0.25, 0.3) is 0 Å². The second-order valence-electron chi connectivity index (χ2n) is 13.5. The highest BCUT2D eigenvalue weighted by molar-refractivity contribution is 5.84. The van der Waals surface area contributed by atoms with Crippen LogP contribution in [0, 0.1) is 23.7 Å². The zero-order valence-corrected chi connectivity index (χ0v) is 27.2. The van der Waals surface area contributed by atoms with E-state index in [0.29, 0.717) is 19.3 Å². The van der Waals surface area contributed by atoms with Gasteiger partial charge in [0.15, 0.2) is 18.0 Å². The van der Waals surface area contributed by atoms with E-state index < -0.39 is 71.8 Å². The van der Waals surface area contributed by atoms with Gasteiger partial charge >= 0.3 is 12.1 Å². The van der Waals surface area contributed by atoms with Crippen LogP contribution in [0.1, 0.15) is 81.1 Å². The van der Waals surface area contributed by atoms with Crippen LogP contribution in [0.3, 0.4) is 0 Å². The van der Waals surface area contributed by atoms with Gasteiger partial charge in [0.1, 0.15) is 18.0 Å². The normalized spacial score (nSPS) is 45.9. The molecule has 3 aliphatic heterocycles. The predicted octanol–water partition coefficient (Wildman–Crippen LogP) is 3.73. The molecular formula is C31H53NO10. The molecule has 3 saturated heterocycles. The molecule has 0 aliphatic carbocycles. The number of carbonyl (C=O) groups excluding carboxylic acids is 3. The van der Waals surface area contributed by atoms with Crippen molar-refractivity contribution in [3.05, 3.63) is 0 Å². The first-order valence-corrected chi connectivity index (χ1v) is 15.3. The van der Waals surface area contributed by atoms with Crippen LogP contribution in [0.4, 0.5) is 4.79 Å². The Morgan fingerprint density at radius 1 is 1.00 bits per heavy atom. The lowest BCUT2D eigenvalue weighted by Crippen LogP contribution is -2.58. The summed E-state index contributed by atoms with van der Waals surface area (Å²) < 4.78 is 36.0. The number of methoxy groups -OCH3 is 1. The number of aliphatic hydroxyl groups excluding tert-OH is 1. The van der Waals surface area contributed by atoms with E-state index in [1.807, 2.05) is 53.6 Å². The molecule has 11 heteroatoms. The van der Waals surface area contributed by atoms with Crippen LogP contribution in [0.25, 0.3) is 0 Å². The van der Waals surface area contributed by atoms with Crippen molar-refractivity contribution in [2.24, 2.45) is 23.7 Å². The highest BCUT2D eigenvalue weighted by Crippen LogP contribution is 2.42. The van der Waals surface area contributed by atoms with Gasteiger partial charge in [0.05, 0.1) is 29.6 Å². The Hall–Kier alpha value is -1.79. The third-order valence-corrected chi connectivity index (χ3v) is 9.73. The minimum atomic E-state index is -1.32. The molecule has 0 saturated carbocycles. The van der Waals surface area contributed by atoms with E-state index in [-0.39, 0.29) is 30.3 Å². The summed E-state index contributed by atoms with van der Waals surface area (Å²) in [6.07, 6.45) is -3.62. The molecule has 3 aliphatic rings. The van der Waals surface area contributed by atoms with Gasteiger partial charge in [-0.15, -0.1) is 0 Å². The highest BCUT2D eigenvalue weighted by Gasteiger charge is 2.58. The molecule has 3 rings (SSSR count). The van der Waals surface area contributed by atoms with Crippen LogP contribution in [0.5, 0.6) is 0 Å². The Bertz CT molecular complexity index is 975. The first-order chi connectivity index (χ1) is 19.5. The fraction of sp³-hybridized carbons (Fsp3) is 0.903. The lowest BCUT2D eigenvalue weighted by atomic mass is 9.74. The third-order valence-electron chi connectivity index (χ3n) is 9.73. The number of hydrogen-bond donors (Lipinski definition) is 1. The second-order valence-corrected chi connectivity index (χ2v) is 13.5. The molecule has 242 valence electrons. The second kappa shape index (κ2) is 13.5. The Kier molecular flexibility index (Phi) is 11.1. The average Bonchev–Trinajstić information content (AvgIpc) is 3.24. The Morgan fingerprint density at radius 2 is 1.64 bits per heavy atom. The number of aliphatic hydroxyl groups is 1. The molecule has 0 spiro atoms. The van der Waals surface area contributed by atoms with Gasteiger partial charge in [0, 0.05) is 19.1 Å². The summed E-state index contributed by atoms with van der Waals surface area (Å²) in [6, 6.07) is -0.173. The smallest absolute Gasteiger partial charge is 0.458 e. The number of ketones is 1. The Labute approximate surface area is 250 Å². The number of nitrogens with zero attached hydrogens (tertiary/aromatic N) is 1. The van der Waals surface area contributed by atoms with Gasteiger partial charge in [-0.3, -0.25) is 9.59 Å². The number of rotatable bonds is 5. The van der Waals surface area contributed by atoms with Gasteiger partial charge < -0.3 is 38.4 Å². The third kappa shape index (κ3) is 6.96. The van der Waals surface area contributed by atoms with Gasteiger partial charge in [-0.05, 0) is 66.5 Å². The molecule has 0 unspecified atom stereocenters. The van der Waals surface area contributed by atoms with Crippen molar-refractivity contribution in [3.63, 3.8) is 0 Å². The zero-order valence-electron chi connectivity index (χ0n) is 27.2. The molecule has 0 aromatic rings. The molecule has 3 heterocycles. The minimum absolute atomic E-state index is 0.138. The number of hydrogen-bond acceptors (Lipinski definition) is 11. The average molecular weight is 600 g/mol. The monoisotopic (exact) mass is 599 g/mol. The largest absolute Gasteiger partial charge is 0.509 e. The molecule has 0 bridgehead atoms. The van der Waals surface area contributed by atoms with Crippen LogP contribution >= 0.6 is 0 Å². The van der Waals surface area contributed by atoms with E-state index in [1.165, 1.54) is 0 Å². The molecule has 1 N–H and O–H groups in total. The van der Waals surface area contributed by atoms with E-state index in [4.69, 9.17) is 28.4 Å². The van der Waals surface area contributed by atoms with Gasteiger partial charge in [-0.2, -0.15) is 0 Å². The number of fused-ring (bicyclic) bond motifs is 1. The first kappa shape index (κ1) is 34.7. The van der Waals surface area contributed by atoms with Gasteiger partial charge in [-0.25, -0.2) is 4.79 Å². The van der Waals surface area contributed by atoms with Crippen molar-refractivity contribution >= 4 is 17.9 Å². The van der Waals surface area contributed by atoms with E-state index in [1.54, 1.807) is 27.9 Å². The van der Waals surface area contributed by atoms with Crippen molar-refractivity contribution in [1.82, 2.24) is 4.90 Å². The van der Waals surface area contributed by atoms with E-state index >= 15 is 0 Å². The van der Waals surface area contributed by atoms with E-state index in [2.05, 4.69) is 0 Å². The van der Waals surface area contributed by atoms with E-state index in [9.17, 15) is 19.5 Å². The maximum atomic E-state index is 13.9. The molecule has 11 nitrogen and oxygen atoms in total. The Morgan fingerprint density at radius 3 is 2.21 bits per heavy atom. The fourth-order valence-electron chi connectivity index (χ4n) is 7.27. The number of carbonyl (C=O) groups is 3. The summed E-state index contributed by atoms with van der Waals surface area (Å²) in [5, 5.41) is 11.3. The zero-order chi connectivity index (χ0) is 31.7. The molecule has 13 atom stereocenters.